The van der Waals surface area contributed by atoms with Crippen molar-refractivity contribution in [3.63, 3.8) is 0 Å². The highest BCUT2D eigenvalue weighted by Crippen LogP contribution is 2.31. The number of nitrogens with zero attached hydrogens (tertiary/aromatic N) is 3. The first kappa shape index (κ1) is 13.6. The van der Waals surface area contributed by atoms with Gasteiger partial charge in [-0.15, -0.1) is 0 Å². The third kappa shape index (κ3) is 2.60. The first-order valence-electron chi connectivity index (χ1n) is 6.92. The number of nitrogens with two attached hydrogens (primary N) is 1. The summed E-state index contributed by atoms with van der Waals surface area (Å²) in [4.78, 5) is 9.39. The molecule has 2 N–H and O–H groups in total. The molecule has 0 unspecified atom stereocenters. The van der Waals surface area contributed by atoms with Gasteiger partial charge < -0.3 is 15.5 Å². The third-order valence-corrected chi connectivity index (χ3v) is 4.32. The number of anilines is 2. The molecular weight excluding hydrogens is 316 g/mol. The lowest BCUT2D eigenvalue weighted by Gasteiger charge is -2.24. The van der Waals surface area contributed by atoms with Crippen LogP contribution in [0.5, 0.6) is 0 Å². The molecule has 0 amide bonds. The number of pyridine rings is 1. The quantitative estimate of drug-likeness (QED) is 0.814. The van der Waals surface area contributed by atoms with Gasteiger partial charge in [0.25, 0.3) is 0 Å². The van der Waals surface area contributed by atoms with Crippen LogP contribution in [0.3, 0.4) is 0 Å². The number of fused-ring (bicyclic) bond motifs is 1. The van der Waals surface area contributed by atoms with E-state index in [1.54, 1.807) is 0 Å². The Balaban J connectivity index is 2.05. The molecule has 5 heteroatoms. The molecule has 3 rings (SSSR count). The first-order valence-corrected chi connectivity index (χ1v) is 7.71. The van der Waals surface area contributed by atoms with Crippen molar-refractivity contribution in [3.8, 4) is 0 Å². The Morgan fingerprint density at radius 1 is 1.20 bits per heavy atom. The minimum atomic E-state index is 0.782. The zero-order valence-corrected chi connectivity index (χ0v) is 13.2. The number of halogens is 1. The van der Waals surface area contributed by atoms with Crippen molar-refractivity contribution in [2.45, 2.75) is 6.42 Å². The van der Waals surface area contributed by atoms with E-state index in [1.807, 2.05) is 18.3 Å². The Morgan fingerprint density at radius 2 is 2.05 bits per heavy atom. The Morgan fingerprint density at radius 3 is 2.90 bits per heavy atom. The summed E-state index contributed by atoms with van der Waals surface area (Å²) < 4.78 is 0.962. The van der Waals surface area contributed by atoms with Gasteiger partial charge in [0, 0.05) is 41.4 Å². The van der Waals surface area contributed by atoms with E-state index in [9.17, 15) is 0 Å². The molecule has 0 spiro atoms. The lowest BCUT2D eigenvalue weighted by Crippen LogP contribution is -2.29. The lowest BCUT2D eigenvalue weighted by molar-refractivity contribution is 0.360. The normalized spacial score (nSPS) is 17.4. The summed E-state index contributed by atoms with van der Waals surface area (Å²) >= 11 is 3.47. The van der Waals surface area contributed by atoms with E-state index in [0.29, 0.717) is 0 Å². The van der Waals surface area contributed by atoms with Gasteiger partial charge in [0.2, 0.25) is 0 Å². The Kier molecular flexibility index (Phi) is 3.81. The zero-order chi connectivity index (χ0) is 14.1. The molecule has 0 radical (unpaired) electrons. The fourth-order valence-corrected chi connectivity index (χ4v) is 3.07. The van der Waals surface area contributed by atoms with Gasteiger partial charge in [-0.1, -0.05) is 0 Å². The van der Waals surface area contributed by atoms with Crippen molar-refractivity contribution in [1.29, 1.82) is 0 Å². The second-order valence-electron chi connectivity index (χ2n) is 5.37. The lowest BCUT2D eigenvalue weighted by atomic mass is 10.1. The highest BCUT2D eigenvalue weighted by molar-refractivity contribution is 9.10. The molecule has 0 saturated carbocycles. The van der Waals surface area contributed by atoms with Crippen LogP contribution in [0.1, 0.15) is 6.42 Å². The molecular formula is C15H19BrN4. The van der Waals surface area contributed by atoms with E-state index in [-0.39, 0.29) is 0 Å². The van der Waals surface area contributed by atoms with Gasteiger partial charge >= 0.3 is 0 Å². The third-order valence-electron chi connectivity index (χ3n) is 3.89. The van der Waals surface area contributed by atoms with Gasteiger partial charge in [-0.05, 0) is 54.1 Å². The van der Waals surface area contributed by atoms with Crippen molar-refractivity contribution in [2.75, 3.05) is 43.9 Å². The number of likely N-dealkylation sites (N-methyl/N-ethyl adjacent to an activating group) is 1. The van der Waals surface area contributed by atoms with Gasteiger partial charge in [0.1, 0.15) is 0 Å². The largest absolute Gasteiger partial charge is 0.398 e. The fourth-order valence-electron chi connectivity index (χ4n) is 2.74. The average molecular weight is 335 g/mol. The summed E-state index contributed by atoms with van der Waals surface area (Å²) in [5.41, 5.74) is 9.06. The molecule has 1 fully saturated rings. The van der Waals surface area contributed by atoms with Crippen molar-refractivity contribution in [2.24, 2.45) is 0 Å². The van der Waals surface area contributed by atoms with Crippen molar-refractivity contribution in [1.82, 2.24) is 9.88 Å². The van der Waals surface area contributed by atoms with Crippen LogP contribution in [-0.4, -0.2) is 43.1 Å². The molecule has 2 aromatic rings. The molecule has 1 aromatic carbocycles. The van der Waals surface area contributed by atoms with Gasteiger partial charge in [0.15, 0.2) is 0 Å². The van der Waals surface area contributed by atoms with Crippen molar-refractivity contribution >= 4 is 38.2 Å². The van der Waals surface area contributed by atoms with Crippen LogP contribution in [0.4, 0.5) is 11.4 Å². The summed E-state index contributed by atoms with van der Waals surface area (Å²) in [6.07, 6.45) is 3.02. The molecule has 106 valence electrons. The zero-order valence-electron chi connectivity index (χ0n) is 11.6. The highest BCUT2D eigenvalue weighted by atomic mass is 79.9. The summed E-state index contributed by atoms with van der Waals surface area (Å²) in [5.74, 6) is 0. The average Bonchev–Trinajstić information content (AvgIpc) is 2.65. The van der Waals surface area contributed by atoms with E-state index >= 15 is 0 Å². The number of hydrogen-bond acceptors (Lipinski definition) is 4. The summed E-state index contributed by atoms with van der Waals surface area (Å²) in [7, 11) is 2.18. The molecule has 1 aliphatic heterocycles. The molecule has 1 saturated heterocycles. The van der Waals surface area contributed by atoms with Crippen LogP contribution in [0.2, 0.25) is 0 Å². The van der Waals surface area contributed by atoms with Gasteiger partial charge in [-0.2, -0.15) is 0 Å². The maximum atomic E-state index is 6.09. The highest BCUT2D eigenvalue weighted by Gasteiger charge is 2.16. The molecule has 0 bridgehead atoms. The van der Waals surface area contributed by atoms with Crippen LogP contribution in [-0.2, 0) is 0 Å². The van der Waals surface area contributed by atoms with Crippen LogP contribution >= 0.6 is 15.9 Å². The number of aromatic nitrogens is 1. The second kappa shape index (κ2) is 5.58. The van der Waals surface area contributed by atoms with Gasteiger partial charge in [-0.25, -0.2) is 0 Å². The van der Waals surface area contributed by atoms with E-state index in [0.717, 1.165) is 47.2 Å². The van der Waals surface area contributed by atoms with Crippen molar-refractivity contribution in [3.05, 3.63) is 28.9 Å². The van der Waals surface area contributed by atoms with Gasteiger partial charge in [-0.3, -0.25) is 4.98 Å². The van der Waals surface area contributed by atoms with Crippen LogP contribution in [0, 0.1) is 0 Å². The maximum absolute atomic E-state index is 6.09. The maximum Gasteiger partial charge on any atom is 0.0956 e. The van der Waals surface area contributed by atoms with Crippen LogP contribution < -0.4 is 10.6 Å². The minimum absolute atomic E-state index is 0.782. The Hall–Kier alpha value is -1.33. The first-order chi connectivity index (χ1) is 9.65. The van der Waals surface area contributed by atoms with E-state index in [1.165, 1.54) is 12.1 Å². The standard InChI is InChI=1S/C15H19BrN4/c1-19-5-2-6-20(8-7-19)14-4-3-13(17)12-9-11(16)10-18-15(12)14/h3-4,9-10H,2,5-8,17H2,1H3. The SMILES string of the molecule is CN1CCCN(c2ccc(N)c3cc(Br)cnc23)CC1. The molecule has 1 aliphatic rings. The minimum Gasteiger partial charge on any atom is -0.398 e. The Labute approximate surface area is 127 Å². The van der Waals surface area contributed by atoms with E-state index < -0.39 is 0 Å². The number of hydrogen-bond donors (Lipinski definition) is 1. The molecule has 1 aromatic heterocycles. The smallest absolute Gasteiger partial charge is 0.0956 e. The van der Waals surface area contributed by atoms with Crippen molar-refractivity contribution < 1.29 is 0 Å². The summed E-state index contributed by atoms with van der Waals surface area (Å²) in [5, 5.41) is 1.02. The molecule has 4 nitrogen and oxygen atoms in total. The van der Waals surface area contributed by atoms with Gasteiger partial charge in [0.05, 0.1) is 11.2 Å². The number of rotatable bonds is 1. The molecule has 0 aliphatic carbocycles. The summed E-state index contributed by atoms with van der Waals surface area (Å²) in [6, 6.07) is 6.13. The fraction of sp³-hybridized carbons (Fsp3) is 0.400. The predicted molar refractivity (Wildman–Crippen MR) is 88.2 cm³/mol. The predicted octanol–water partition coefficient (Wildman–Crippen LogP) is 2.72. The number of nitrogen functional groups attached to an aromatic ring is 1. The summed E-state index contributed by atoms with van der Waals surface area (Å²) in [6.45, 7) is 4.35. The van der Waals surface area contributed by atoms with Crippen LogP contribution in [0.25, 0.3) is 10.9 Å². The Bertz CT molecular complexity index is 629. The second-order valence-corrected chi connectivity index (χ2v) is 6.28. The molecule has 20 heavy (non-hydrogen) atoms. The monoisotopic (exact) mass is 334 g/mol. The topological polar surface area (TPSA) is 45.4 Å². The van der Waals surface area contributed by atoms with Crippen LogP contribution in [0.15, 0.2) is 28.9 Å². The molecule has 0 atom stereocenters. The van der Waals surface area contributed by atoms with E-state index in [2.05, 4.69) is 43.8 Å². The molecule has 2 heterocycles. The van der Waals surface area contributed by atoms with E-state index in [4.69, 9.17) is 5.73 Å². The number of benzene rings is 1.